The summed E-state index contributed by atoms with van der Waals surface area (Å²) in [5, 5.41) is 11.1. The molecule has 3 rings (SSSR count). The minimum Gasteiger partial charge on any atom is -0.374 e. The molecule has 0 aliphatic carbocycles. The second-order valence-corrected chi connectivity index (χ2v) is 7.16. The van der Waals surface area contributed by atoms with E-state index in [0.717, 1.165) is 50.8 Å². The van der Waals surface area contributed by atoms with E-state index >= 15 is 0 Å². The van der Waals surface area contributed by atoms with Crippen LogP contribution in [0, 0.1) is 5.92 Å². The van der Waals surface area contributed by atoms with Crippen LogP contribution in [-0.2, 0) is 9.53 Å². The maximum atomic E-state index is 12.8. The zero-order valence-corrected chi connectivity index (χ0v) is 15.2. The number of morpholine rings is 1. The van der Waals surface area contributed by atoms with Crippen LogP contribution in [0.2, 0.25) is 0 Å². The number of rotatable bonds is 5. The van der Waals surface area contributed by atoms with Crippen LogP contribution in [0.4, 0.5) is 5.82 Å². The third-order valence-electron chi connectivity index (χ3n) is 5.25. The molecule has 0 radical (unpaired) electrons. The Morgan fingerprint density at radius 3 is 2.92 bits per heavy atom. The number of hydrogen-bond donors (Lipinski definition) is 1. The van der Waals surface area contributed by atoms with Gasteiger partial charge in [0, 0.05) is 38.9 Å². The molecule has 0 saturated carbocycles. The fourth-order valence-electron chi connectivity index (χ4n) is 3.48. The molecule has 2 unspecified atom stereocenters. The molecule has 2 aliphatic heterocycles. The predicted octanol–water partition coefficient (Wildman–Crippen LogP) is 1.24. The van der Waals surface area contributed by atoms with E-state index in [0.29, 0.717) is 13.2 Å². The number of hydrogen-bond acceptors (Lipinski definition) is 6. The molecule has 1 N–H and O–H groups in total. The highest BCUT2D eigenvalue weighted by atomic mass is 16.5. The second kappa shape index (κ2) is 8.58. The number of piperidine rings is 1. The number of carbonyl (C=O) groups is 1. The smallest absolute Gasteiger partial charge is 0.239 e. The minimum atomic E-state index is -0.0867. The zero-order chi connectivity index (χ0) is 17.6. The summed E-state index contributed by atoms with van der Waals surface area (Å²) in [5.74, 6) is 1.74. The van der Waals surface area contributed by atoms with Crippen LogP contribution in [-0.4, -0.2) is 77.4 Å². The summed E-state index contributed by atoms with van der Waals surface area (Å²) in [6.45, 7) is 8.96. The van der Waals surface area contributed by atoms with Gasteiger partial charge in [-0.05, 0) is 37.8 Å². The zero-order valence-electron chi connectivity index (χ0n) is 15.2. The van der Waals surface area contributed by atoms with Crippen molar-refractivity contribution < 1.29 is 9.53 Å². The Morgan fingerprint density at radius 2 is 2.20 bits per heavy atom. The van der Waals surface area contributed by atoms with Gasteiger partial charge in [0.05, 0.1) is 18.8 Å². The van der Waals surface area contributed by atoms with Crippen molar-refractivity contribution in [2.75, 3.05) is 44.6 Å². The van der Waals surface area contributed by atoms with Gasteiger partial charge >= 0.3 is 0 Å². The third-order valence-corrected chi connectivity index (χ3v) is 5.25. The van der Waals surface area contributed by atoms with E-state index < -0.39 is 0 Å². The van der Waals surface area contributed by atoms with Gasteiger partial charge in [0.15, 0.2) is 0 Å². The monoisotopic (exact) mass is 347 g/mol. The predicted molar refractivity (Wildman–Crippen MR) is 96.3 cm³/mol. The van der Waals surface area contributed by atoms with Crippen molar-refractivity contribution in [3.05, 3.63) is 18.3 Å². The van der Waals surface area contributed by atoms with Crippen molar-refractivity contribution in [1.82, 2.24) is 20.0 Å². The molecule has 138 valence electrons. The Morgan fingerprint density at radius 1 is 1.40 bits per heavy atom. The summed E-state index contributed by atoms with van der Waals surface area (Å²) in [5.41, 5.74) is 0. The summed E-state index contributed by atoms with van der Waals surface area (Å²) >= 11 is 0. The molecule has 2 atom stereocenters. The number of amides is 1. The summed E-state index contributed by atoms with van der Waals surface area (Å²) in [7, 11) is 0. The molecule has 0 bridgehead atoms. The Balaban J connectivity index is 1.49. The van der Waals surface area contributed by atoms with Crippen LogP contribution in [0.25, 0.3) is 0 Å². The van der Waals surface area contributed by atoms with Crippen molar-refractivity contribution in [2.45, 2.75) is 38.8 Å². The van der Waals surface area contributed by atoms with Crippen molar-refractivity contribution >= 4 is 11.7 Å². The molecule has 0 aromatic carbocycles. The molecular formula is C18H29N5O2. The van der Waals surface area contributed by atoms with Crippen molar-refractivity contribution in [1.29, 1.82) is 0 Å². The topological polar surface area (TPSA) is 70.6 Å². The largest absolute Gasteiger partial charge is 0.374 e. The van der Waals surface area contributed by atoms with Crippen LogP contribution in [0.1, 0.15) is 26.7 Å². The molecule has 7 nitrogen and oxygen atoms in total. The lowest BCUT2D eigenvalue weighted by Crippen LogP contribution is -2.55. The Hall–Kier alpha value is -1.73. The molecule has 1 aromatic heterocycles. The molecule has 7 heteroatoms. The lowest BCUT2D eigenvalue weighted by molar-refractivity contribution is -0.140. The van der Waals surface area contributed by atoms with Gasteiger partial charge in [0.25, 0.3) is 0 Å². The lowest BCUT2D eigenvalue weighted by Gasteiger charge is -2.39. The summed E-state index contributed by atoms with van der Waals surface area (Å²) in [4.78, 5) is 17.1. The van der Waals surface area contributed by atoms with Crippen LogP contribution in [0.3, 0.4) is 0 Å². The number of likely N-dealkylation sites (tertiary alicyclic amines) is 1. The highest BCUT2D eigenvalue weighted by Gasteiger charge is 2.31. The lowest BCUT2D eigenvalue weighted by atomic mass is 9.98. The number of nitrogens with one attached hydrogen (secondary N) is 1. The van der Waals surface area contributed by atoms with E-state index in [4.69, 9.17) is 4.74 Å². The Bertz CT molecular complexity index is 548. The molecule has 1 aromatic rings. The van der Waals surface area contributed by atoms with Gasteiger partial charge in [-0.2, -0.15) is 5.10 Å². The van der Waals surface area contributed by atoms with Gasteiger partial charge in [-0.3, -0.25) is 9.69 Å². The van der Waals surface area contributed by atoms with Gasteiger partial charge in [0.2, 0.25) is 5.91 Å². The van der Waals surface area contributed by atoms with Crippen molar-refractivity contribution in [2.24, 2.45) is 5.92 Å². The van der Waals surface area contributed by atoms with Crippen LogP contribution in [0.15, 0.2) is 18.3 Å². The molecular weight excluding hydrogens is 318 g/mol. The van der Waals surface area contributed by atoms with E-state index in [1.165, 1.54) is 0 Å². The minimum absolute atomic E-state index is 0.0485. The molecule has 25 heavy (non-hydrogen) atoms. The van der Waals surface area contributed by atoms with Gasteiger partial charge in [-0.15, -0.1) is 5.10 Å². The van der Waals surface area contributed by atoms with Crippen LogP contribution in [0.5, 0.6) is 0 Å². The van der Waals surface area contributed by atoms with Gasteiger partial charge in [0.1, 0.15) is 5.82 Å². The fourth-order valence-corrected chi connectivity index (χ4v) is 3.48. The number of anilines is 1. The first-order valence-electron chi connectivity index (χ1n) is 9.29. The first kappa shape index (κ1) is 18.1. The van der Waals surface area contributed by atoms with Gasteiger partial charge < -0.3 is 15.0 Å². The Labute approximate surface area is 149 Å². The third kappa shape index (κ3) is 4.89. The van der Waals surface area contributed by atoms with Crippen molar-refractivity contribution in [3.63, 3.8) is 0 Å². The Kier molecular flexibility index (Phi) is 6.20. The van der Waals surface area contributed by atoms with Gasteiger partial charge in [-0.25, -0.2) is 0 Å². The molecule has 0 spiro atoms. The number of nitrogens with zero attached hydrogens (tertiary/aromatic N) is 4. The molecule has 3 heterocycles. The van der Waals surface area contributed by atoms with E-state index in [2.05, 4.69) is 27.3 Å². The fraction of sp³-hybridized carbons (Fsp3) is 0.722. The number of carbonyl (C=O) groups excluding carboxylic acids is 1. The molecule has 1 amide bonds. The molecule has 2 aliphatic rings. The van der Waals surface area contributed by atoms with E-state index in [9.17, 15) is 4.79 Å². The van der Waals surface area contributed by atoms with Gasteiger partial charge in [-0.1, -0.05) is 6.92 Å². The highest BCUT2D eigenvalue weighted by molar-refractivity contribution is 5.81. The molecule has 2 fully saturated rings. The summed E-state index contributed by atoms with van der Waals surface area (Å²) in [6.07, 6.45) is 3.93. The van der Waals surface area contributed by atoms with Crippen LogP contribution < -0.4 is 5.32 Å². The number of ether oxygens (including phenoxy) is 1. The standard InChI is InChI=1S/C18H29N5O2/c1-14-5-8-22(9-6-14)18(24)15(2)23-10-11-25-16(13-23)12-19-17-4-3-7-20-21-17/h3-4,7,14-16H,5-6,8-13H2,1-2H3,(H,19,21). The van der Waals surface area contributed by atoms with Crippen LogP contribution >= 0.6 is 0 Å². The maximum absolute atomic E-state index is 12.8. The number of aromatic nitrogens is 2. The van der Waals surface area contributed by atoms with E-state index in [1.807, 2.05) is 24.0 Å². The van der Waals surface area contributed by atoms with E-state index in [-0.39, 0.29) is 18.1 Å². The molecule has 2 saturated heterocycles. The first-order valence-corrected chi connectivity index (χ1v) is 9.29. The highest BCUT2D eigenvalue weighted by Crippen LogP contribution is 2.19. The summed E-state index contributed by atoms with van der Waals surface area (Å²) in [6, 6.07) is 3.65. The average molecular weight is 347 g/mol. The summed E-state index contributed by atoms with van der Waals surface area (Å²) < 4.78 is 5.84. The SMILES string of the molecule is CC1CCN(C(=O)C(C)N2CCOC(CNc3cccnn3)C2)CC1. The van der Waals surface area contributed by atoms with Crippen molar-refractivity contribution in [3.8, 4) is 0 Å². The van der Waals surface area contributed by atoms with E-state index in [1.54, 1.807) is 6.20 Å². The maximum Gasteiger partial charge on any atom is 0.239 e. The second-order valence-electron chi connectivity index (χ2n) is 7.16. The quantitative estimate of drug-likeness (QED) is 0.864. The normalized spacial score (nSPS) is 24.1. The first-order chi connectivity index (χ1) is 12.1. The average Bonchev–Trinajstić information content (AvgIpc) is 2.67.